The summed E-state index contributed by atoms with van der Waals surface area (Å²) in [7, 11) is 0. The van der Waals surface area contributed by atoms with E-state index in [1.54, 1.807) is 59.6 Å². The van der Waals surface area contributed by atoms with Gasteiger partial charge in [0.05, 0.1) is 30.8 Å². The minimum absolute atomic E-state index is 0.00108. The first-order valence-electron chi connectivity index (χ1n) is 16.4. The van der Waals surface area contributed by atoms with E-state index in [4.69, 9.17) is 30.5 Å². The molecule has 0 saturated carbocycles. The summed E-state index contributed by atoms with van der Waals surface area (Å²) in [5.74, 6) is -1.80. The molecule has 2 aromatic rings. The van der Waals surface area contributed by atoms with Gasteiger partial charge in [-0.15, -0.1) is 0 Å². The van der Waals surface area contributed by atoms with E-state index >= 15 is 0 Å². The third kappa shape index (κ3) is 8.20. The molecule has 2 fully saturated rings. The molecule has 14 heteroatoms. The molecule has 5 rings (SSSR count). The fourth-order valence-corrected chi connectivity index (χ4v) is 6.48. The Kier molecular flexibility index (Phi) is 10.3. The van der Waals surface area contributed by atoms with E-state index in [9.17, 15) is 23.2 Å². The number of hydrogen-bond acceptors (Lipinski definition) is 9. The number of amides is 2. The van der Waals surface area contributed by atoms with E-state index in [-0.39, 0.29) is 37.4 Å². The Bertz CT molecular complexity index is 1620. The SMILES string of the molecule is CCOC(=O)C1=C(c2ccc(N3CC[C@@H](Oc4c(F)ccc(F)c4Cl)C3)nc2)C[C@H]2CN(C(=O)OC(C)(C)C)C[C@@H]1N2C(=O)OC(C)(C)C. The molecule has 3 aliphatic rings. The zero-order chi connectivity index (χ0) is 35.8. The molecule has 49 heavy (non-hydrogen) atoms. The molecular formula is C35H43ClF2N4O7. The highest BCUT2D eigenvalue weighted by Crippen LogP contribution is 2.40. The molecule has 1 aromatic carbocycles. The Morgan fingerprint density at radius 2 is 1.61 bits per heavy atom. The lowest BCUT2D eigenvalue weighted by Crippen LogP contribution is -2.65. The summed E-state index contributed by atoms with van der Waals surface area (Å²) >= 11 is 5.96. The van der Waals surface area contributed by atoms with Crippen LogP contribution in [0, 0.1) is 11.6 Å². The topological polar surface area (TPSA) is 111 Å². The van der Waals surface area contributed by atoms with Crippen LogP contribution in [-0.2, 0) is 19.0 Å². The molecule has 0 spiro atoms. The van der Waals surface area contributed by atoms with Gasteiger partial charge >= 0.3 is 18.2 Å². The second-order valence-electron chi connectivity index (χ2n) is 14.3. The quantitative estimate of drug-likeness (QED) is 0.186. The molecule has 266 valence electrons. The molecule has 3 atom stereocenters. The Labute approximate surface area is 290 Å². The number of benzene rings is 1. The molecular weight excluding hydrogens is 662 g/mol. The van der Waals surface area contributed by atoms with E-state index in [1.807, 2.05) is 17.0 Å². The molecule has 0 aliphatic carbocycles. The van der Waals surface area contributed by atoms with E-state index < -0.39 is 64.2 Å². The van der Waals surface area contributed by atoms with Crippen LogP contribution in [0.25, 0.3) is 5.57 Å². The van der Waals surface area contributed by atoms with Gasteiger partial charge in [-0.3, -0.25) is 4.90 Å². The van der Waals surface area contributed by atoms with Crippen molar-refractivity contribution in [2.24, 2.45) is 0 Å². The Balaban J connectivity index is 1.44. The van der Waals surface area contributed by atoms with E-state index in [1.165, 1.54) is 4.90 Å². The number of nitrogens with zero attached hydrogens (tertiary/aromatic N) is 4. The average molecular weight is 705 g/mol. The van der Waals surface area contributed by atoms with Crippen molar-refractivity contribution >= 4 is 41.1 Å². The summed E-state index contributed by atoms with van der Waals surface area (Å²) in [5, 5.41) is -0.400. The number of hydrogen-bond donors (Lipinski definition) is 0. The summed E-state index contributed by atoms with van der Waals surface area (Å²) in [6, 6.07) is 4.19. The molecule has 0 unspecified atom stereocenters. The second kappa shape index (κ2) is 14.0. The Hall–Kier alpha value is -4.13. The number of fused-ring (bicyclic) bond motifs is 2. The van der Waals surface area contributed by atoms with Gasteiger partial charge in [-0.25, -0.2) is 28.1 Å². The van der Waals surface area contributed by atoms with Crippen LogP contribution in [0.15, 0.2) is 36.0 Å². The average Bonchev–Trinajstić information content (AvgIpc) is 3.47. The smallest absolute Gasteiger partial charge is 0.411 e. The number of carbonyl (C=O) groups is 3. The third-order valence-electron chi connectivity index (χ3n) is 8.25. The zero-order valence-corrected chi connectivity index (χ0v) is 29.6. The van der Waals surface area contributed by atoms with Crippen LogP contribution in [0.3, 0.4) is 0 Å². The Morgan fingerprint density at radius 3 is 2.24 bits per heavy atom. The number of piperazine rings is 1. The van der Waals surface area contributed by atoms with Crippen LogP contribution in [0.1, 0.15) is 66.9 Å². The van der Waals surface area contributed by atoms with Crippen LogP contribution in [0.4, 0.5) is 24.2 Å². The first-order valence-corrected chi connectivity index (χ1v) is 16.7. The molecule has 2 bridgehead atoms. The van der Waals surface area contributed by atoms with Crippen molar-refractivity contribution in [3.63, 3.8) is 0 Å². The van der Waals surface area contributed by atoms with Crippen molar-refractivity contribution in [1.82, 2.24) is 14.8 Å². The van der Waals surface area contributed by atoms with Crippen LogP contribution >= 0.6 is 11.6 Å². The molecule has 0 radical (unpaired) electrons. The maximum atomic E-state index is 14.3. The van der Waals surface area contributed by atoms with Gasteiger partial charge < -0.3 is 28.7 Å². The number of esters is 1. The number of anilines is 1. The van der Waals surface area contributed by atoms with Gasteiger partial charge in [0.2, 0.25) is 0 Å². The predicted molar refractivity (Wildman–Crippen MR) is 178 cm³/mol. The van der Waals surface area contributed by atoms with Crippen molar-refractivity contribution in [3.05, 3.63) is 58.3 Å². The summed E-state index contributed by atoms with van der Waals surface area (Å²) < 4.78 is 50.9. The fourth-order valence-electron chi connectivity index (χ4n) is 6.28. The van der Waals surface area contributed by atoms with Crippen LogP contribution < -0.4 is 9.64 Å². The highest BCUT2D eigenvalue weighted by molar-refractivity contribution is 6.32. The van der Waals surface area contributed by atoms with Gasteiger partial charge in [-0.05, 0) is 90.3 Å². The highest BCUT2D eigenvalue weighted by Gasteiger charge is 2.49. The minimum Gasteiger partial charge on any atom is -0.484 e. The summed E-state index contributed by atoms with van der Waals surface area (Å²) in [6.45, 7) is 13.5. The number of rotatable bonds is 6. The Morgan fingerprint density at radius 1 is 0.939 bits per heavy atom. The maximum Gasteiger partial charge on any atom is 0.411 e. The summed E-state index contributed by atoms with van der Waals surface area (Å²) in [5.41, 5.74) is 0.0423. The first kappa shape index (κ1) is 36.2. The molecule has 2 amide bonds. The largest absolute Gasteiger partial charge is 0.484 e. The van der Waals surface area contributed by atoms with E-state index in [0.717, 1.165) is 12.1 Å². The van der Waals surface area contributed by atoms with E-state index in [2.05, 4.69) is 4.98 Å². The molecule has 4 heterocycles. The summed E-state index contributed by atoms with van der Waals surface area (Å²) in [6.07, 6.45) is 0.838. The lowest BCUT2D eigenvalue weighted by Gasteiger charge is -2.50. The first-order chi connectivity index (χ1) is 23.0. The number of ether oxygens (including phenoxy) is 4. The predicted octanol–water partition coefficient (Wildman–Crippen LogP) is 6.62. The van der Waals surface area contributed by atoms with Gasteiger partial charge in [0.1, 0.15) is 34.0 Å². The molecule has 1 aromatic heterocycles. The number of halogens is 3. The standard InChI is InChI=1S/C35H43ClF2N4O7/c1-8-46-31(43)28-23(15-21-17-41(32(44)48-34(2,3)4)19-26(28)42(21)33(45)49-35(5,6)7)20-9-12-27(39-16-20)40-14-13-22(18-40)47-30-25(38)11-10-24(37)29(30)36/h9-12,16,21-22,26H,8,13-15,17-19H2,1-7H3/t21-,22+,26-/m0/s1. The van der Waals surface area contributed by atoms with Gasteiger partial charge in [-0.2, -0.15) is 0 Å². The van der Waals surface area contributed by atoms with Crippen molar-refractivity contribution in [3.8, 4) is 5.75 Å². The minimum atomic E-state index is -0.866. The number of pyridine rings is 1. The van der Waals surface area contributed by atoms with Crippen molar-refractivity contribution in [2.45, 2.75) is 90.7 Å². The van der Waals surface area contributed by atoms with Gasteiger partial charge in [0.15, 0.2) is 11.6 Å². The highest BCUT2D eigenvalue weighted by atomic mass is 35.5. The molecule has 3 aliphatic heterocycles. The normalized spacial score (nSPS) is 21.1. The monoisotopic (exact) mass is 704 g/mol. The molecule has 2 saturated heterocycles. The van der Waals surface area contributed by atoms with Crippen LogP contribution in [-0.4, -0.2) is 95.1 Å². The summed E-state index contributed by atoms with van der Waals surface area (Å²) in [4.78, 5) is 50.2. The second-order valence-corrected chi connectivity index (χ2v) is 14.7. The number of aromatic nitrogens is 1. The van der Waals surface area contributed by atoms with Gasteiger partial charge in [0.25, 0.3) is 0 Å². The molecule has 11 nitrogen and oxygen atoms in total. The third-order valence-corrected chi connectivity index (χ3v) is 8.61. The van der Waals surface area contributed by atoms with E-state index in [0.29, 0.717) is 36.5 Å². The van der Waals surface area contributed by atoms with Gasteiger partial charge in [0, 0.05) is 32.3 Å². The molecule has 0 N–H and O–H groups in total. The maximum absolute atomic E-state index is 14.3. The number of carbonyl (C=O) groups excluding carboxylic acids is 3. The zero-order valence-electron chi connectivity index (χ0n) is 28.8. The lowest BCUT2D eigenvalue weighted by atomic mass is 9.82. The van der Waals surface area contributed by atoms with Crippen molar-refractivity contribution in [1.29, 1.82) is 0 Å². The van der Waals surface area contributed by atoms with Crippen molar-refractivity contribution < 1.29 is 42.1 Å². The van der Waals surface area contributed by atoms with Crippen LogP contribution in [0.5, 0.6) is 5.75 Å². The van der Waals surface area contributed by atoms with Crippen molar-refractivity contribution in [2.75, 3.05) is 37.7 Å². The lowest BCUT2D eigenvalue weighted by molar-refractivity contribution is -0.140. The van der Waals surface area contributed by atoms with Crippen LogP contribution in [0.2, 0.25) is 5.02 Å². The van der Waals surface area contributed by atoms with Gasteiger partial charge in [-0.1, -0.05) is 11.6 Å². The fraction of sp³-hybridized carbons (Fsp3) is 0.543.